The molecule has 0 bridgehead atoms. The molecule has 1 aromatic rings. The maximum atomic E-state index is 6.18. The third kappa shape index (κ3) is 1.96. The van der Waals surface area contributed by atoms with Crippen LogP contribution in [0.2, 0.25) is 0 Å². The molecule has 5 heteroatoms. The highest BCUT2D eigenvalue weighted by Gasteiger charge is 2.46. The van der Waals surface area contributed by atoms with Gasteiger partial charge in [-0.3, -0.25) is 0 Å². The summed E-state index contributed by atoms with van der Waals surface area (Å²) in [5, 5.41) is 7.94. The third-order valence-corrected chi connectivity index (χ3v) is 4.39. The van der Waals surface area contributed by atoms with Gasteiger partial charge in [0.25, 0.3) is 0 Å². The fourth-order valence-corrected chi connectivity index (χ4v) is 2.45. The van der Waals surface area contributed by atoms with E-state index >= 15 is 0 Å². The number of nitrogens with one attached hydrogen (secondary N) is 1. The van der Waals surface area contributed by atoms with Crippen molar-refractivity contribution in [2.24, 2.45) is 5.41 Å². The lowest BCUT2D eigenvalue weighted by Crippen LogP contribution is -2.57. The maximum Gasteiger partial charge on any atom is 0.140 e. The first-order valence-electron chi connectivity index (χ1n) is 5.79. The van der Waals surface area contributed by atoms with E-state index in [1.54, 1.807) is 6.33 Å². The van der Waals surface area contributed by atoms with Crippen molar-refractivity contribution in [3.8, 4) is 0 Å². The predicted molar refractivity (Wildman–Crippen MR) is 64.4 cm³/mol. The molecule has 0 aliphatic heterocycles. The molecule has 1 aromatic heterocycles. The predicted octanol–water partition coefficient (Wildman–Crippen LogP) is 1.79. The number of aryl methyl sites for hydroxylation is 1. The van der Waals surface area contributed by atoms with Gasteiger partial charge in [0.1, 0.15) is 12.2 Å². The summed E-state index contributed by atoms with van der Waals surface area (Å²) in [6.45, 7) is 8.11. The number of halogens is 1. The van der Waals surface area contributed by atoms with E-state index in [0.717, 1.165) is 25.3 Å². The average Bonchev–Trinajstić information content (AvgIpc) is 2.71. The second kappa shape index (κ2) is 4.34. The van der Waals surface area contributed by atoms with Gasteiger partial charge in [-0.2, -0.15) is 5.10 Å². The Bertz CT molecular complexity index is 361. The Morgan fingerprint density at radius 2 is 2.38 bits per heavy atom. The van der Waals surface area contributed by atoms with Crippen LogP contribution in [0.15, 0.2) is 6.33 Å². The summed E-state index contributed by atoms with van der Waals surface area (Å²) in [4.78, 5) is 4.24. The fraction of sp³-hybridized carbons (Fsp3) is 0.818. The molecule has 1 fully saturated rings. The van der Waals surface area contributed by atoms with Crippen molar-refractivity contribution in [2.45, 2.75) is 51.7 Å². The van der Waals surface area contributed by atoms with E-state index in [1.807, 2.05) is 4.68 Å². The number of alkyl halides is 1. The molecule has 2 rings (SSSR count). The zero-order valence-corrected chi connectivity index (χ0v) is 10.8. The van der Waals surface area contributed by atoms with Crippen LogP contribution in [0.3, 0.4) is 0 Å². The Morgan fingerprint density at radius 3 is 2.94 bits per heavy atom. The summed E-state index contributed by atoms with van der Waals surface area (Å²) >= 11 is 6.18. The van der Waals surface area contributed by atoms with Crippen LogP contribution >= 0.6 is 11.6 Å². The SMILES string of the molecule is CCn1ncnc1CNC1CC(Cl)C1(C)C. The molecule has 1 aliphatic rings. The lowest BCUT2D eigenvalue weighted by Gasteiger charge is -2.49. The second-order valence-corrected chi connectivity index (χ2v) is 5.48. The van der Waals surface area contributed by atoms with Crippen LogP contribution in [-0.4, -0.2) is 26.2 Å². The first-order valence-corrected chi connectivity index (χ1v) is 6.23. The number of aromatic nitrogens is 3. The number of nitrogens with zero attached hydrogens (tertiary/aromatic N) is 3. The van der Waals surface area contributed by atoms with Crippen molar-refractivity contribution in [3.63, 3.8) is 0 Å². The minimum Gasteiger partial charge on any atom is -0.306 e. The van der Waals surface area contributed by atoms with Gasteiger partial charge in [-0.25, -0.2) is 9.67 Å². The highest BCUT2D eigenvalue weighted by molar-refractivity contribution is 6.21. The van der Waals surface area contributed by atoms with Gasteiger partial charge in [-0.1, -0.05) is 13.8 Å². The Morgan fingerprint density at radius 1 is 1.62 bits per heavy atom. The van der Waals surface area contributed by atoms with Crippen LogP contribution in [0, 0.1) is 5.41 Å². The van der Waals surface area contributed by atoms with E-state index < -0.39 is 0 Å². The summed E-state index contributed by atoms with van der Waals surface area (Å²) in [5.41, 5.74) is 0.179. The minimum absolute atomic E-state index is 0.179. The van der Waals surface area contributed by atoms with Gasteiger partial charge in [0, 0.05) is 18.0 Å². The van der Waals surface area contributed by atoms with Gasteiger partial charge in [-0.05, 0) is 18.8 Å². The van der Waals surface area contributed by atoms with E-state index in [4.69, 9.17) is 11.6 Å². The first kappa shape index (κ1) is 11.9. The Labute approximate surface area is 101 Å². The molecule has 2 atom stereocenters. The monoisotopic (exact) mass is 242 g/mol. The van der Waals surface area contributed by atoms with Crippen molar-refractivity contribution >= 4 is 11.6 Å². The molecule has 90 valence electrons. The zero-order chi connectivity index (χ0) is 11.8. The number of hydrogen-bond acceptors (Lipinski definition) is 3. The molecule has 1 saturated carbocycles. The van der Waals surface area contributed by atoms with Gasteiger partial charge in [-0.15, -0.1) is 11.6 Å². The normalized spacial score (nSPS) is 27.8. The minimum atomic E-state index is 0.179. The van der Waals surface area contributed by atoms with Crippen molar-refractivity contribution in [2.75, 3.05) is 0 Å². The standard InChI is InChI=1S/C11H19ClN4/c1-4-16-10(14-7-15-16)6-13-9-5-8(12)11(9,2)3/h7-9,13H,4-6H2,1-3H3. The van der Waals surface area contributed by atoms with Crippen molar-refractivity contribution in [1.82, 2.24) is 20.1 Å². The summed E-state index contributed by atoms with van der Waals surface area (Å²) in [6, 6.07) is 0.483. The summed E-state index contributed by atoms with van der Waals surface area (Å²) < 4.78 is 1.91. The van der Waals surface area contributed by atoms with E-state index in [9.17, 15) is 0 Å². The molecule has 0 radical (unpaired) electrons. The van der Waals surface area contributed by atoms with E-state index in [2.05, 4.69) is 36.2 Å². The maximum absolute atomic E-state index is 6.18. The molecule has 0 saturated heterocycles. The van der Waals surface area contributed by atoms with Gasteiger partial charge in [0.05, 0.1) is 6.54 Å². The quantitative estimate of drug-likeness (QED) is 0.819. The molecular formula is C11H19ClN4. The molecule has 0 amide bonds. The highest BCUT2D eigenvalue weighted by Crippen LogP contribution is 2.44. The average molecular weight is 243 g/mol. The molecule has 0 spiro atoms. The van der Waals surface area contributed by atoms with Crippen molar-refractivity contribution in [1.29, 1.82) is 0 Å². The molecule has 16 heavy (non-hydrogen) atoms. The number of rotatable bonds is 4. The Kier molecular flexibility index (Phi) is 3.22. The molecule has 4 nitrogen and oxygen atoms in total. The topological polar surface area (TPSA) is 42.7 Å². The summed E-state index contributed by atoms with van der Waals surface area (Å²) in [7, 11) is 0. The van der Waals surface area contributed by atoms with Gasteiger partial charge in [0.15, 0.2) is 0 Å². The molecule has 1 heterocycles. The van der Waals surface area contributed by atoms with Gasteiger partial charge < -0.3 is 5.32 Å². The summed E-state index contributed by atoms with van der Waals surface area (Å²) in [5.74, 6) is 0.997. The lowest BCUT2D eigenvalue weighted by molar-refractivity contribution is 0.114. The van der Waals surface area contributed by atoms with E-state index in [-0.39, 0.29) is 10.8 Å². The molecule has 0 aromatic carbocycles. The zero-order valence-electron chi connectivity index (χ0n) is 10.1. The van der Waals surface area contributed by atoms with Crippen LogP contribution < -0.4 is 5.32 Å². The third-order valence-electron chi connectivity index (χ3n) is 3.65. The number of hydrogen-bond donors (Lipinski definition) is 1. The van der Waals surface area contributed by atoms with Gasteiger partial charge >= 0.3 is 0 Å². The van der Waals surface area contributed by atoms with Crippen LogP contribution in [0.4, 0.5) is 0 Å². The Balaban J connectivity index is 1.89. The van der Waals surface area contributed by atoms with Crippen LogP contribution in [0.25, 0.3) is 0 Å². The van der Waals surface area contributed by atoms with Crippen LogP contribution in [0.1, 0.15) is 33.0 Å². The second-order valence-electron chi connectivity index (χ2n) is 4.95. The lowest BCUT2D eigenvalue weighted by atomic mass is 9.67. The Hall–Kier alpha value is -0.610. The highest BCUT2D eigenvalue weighted by atomic mass is 35.5. The van der Waals surface area contributed by atoms with Crippen LogP contribution in [-0.2, 0) is 13.1 Å². The largest absolute Gasteiger partial charge is 0.306 e. The molecule has 2 unspecified atom stereocenters. The molecule has 1 N–H and O–H groups in total. The van der Waals surface area contributed by atoms with Crippen molar-refractivity contribution < 1.29 is 0 Å². The van der Waals surface area contributed by atoms with Gasteiger partial charge in [0.2, 0.25) is 0 Å². The molecule has 1 aliphatic carbocycles. The van der Waals surface area contributed by atoms with Crippen LogP contribution in [0.5, 0.6) is 0 Å². The fourth-order valence-electron chi connectivity index (χ4n) is 2.12. The smallest absolute Gasteiger partial charge is 0.140 e. The molecular weight excluding hydrogens is 224 g/mol. The van der Waals surface area contributed by atoms with E-state index in [0.29, 0.717) is 6.04 Å². The first-order chi connectivity index (χ1) is 7.55. The van der Waals surface area contributed by atoms with Crippen molar-refractivity contribution in [3.05, 3.63) is 12.2 Å². The summed E-state index contributed by atoms with van der Waals surface area (Å²) in [6.07, 6.45) is 2.64. The van der Waals surface area contributed by atoms with E-state index in [1.165, 1.54) is 0 Å².